The molecule has 0 saturated heterocycles. The molecule has 1 amide bonds. The quantitative estimate of drug-likeness (QED) is 0.716. The molecule has 132 valence electrons. The van der Waals surface area contributed by atoms with Crippen molar-refractivity contribution >= 4 is 35.1 Å². The number of aliphatic carboxylic acids is 1. The van der Waals surface area contributed by atoms with Crippen LogP contribution in [0.5, 0.6) is 0 Å². The van der Waals surface area contributed by atoms with Crippen LogP contribution in [0.2, 0.25) is 10.0 Å². The molecule has 1 aromatic rings. The molecule has 2 N–H and O–H groups in total. The van der Waals surface area contributed by atoms with Gasteiger partial charge in [0, 0.05) is 22.5 Å². The molecule has 0 aromatic heterocycles. The van der Waals surface area contributed by atoms with E-state index >= 15 is 0 Å². The summed E-state index contributed by atoms with van der Waals surface area (Å²) in [5, 5.41) is 13.0. The second-order valence-corrected chi connectivity index (χ2v) is 6.82. The molecule has 0 bridgehead atoms. The van der Waals surface area contributed by atoms with Crippen molar-refractivity contribution in [3.05, 3.63) is 33.8 Å². The van der Waals surface area contributed by atoms with Gasteiger partial charge in [-0.2, -0.15) is 0 Å². The number of carbonyl (C=O) groups is 2. The molecule has 1 fully saturated rings. The van der Waals surface area contributed by atoms with E-state index in [1.807, 2.05) is 0 Å². The van der Waals surface area contributed by atoms with Gasteiger partial charge in [-0.05, 0) is 37.0 Å². The van der Waals surface area contributed by atoms with Gasteiger partial charge >= 0.3 is 5.97 Å². The Kier molecular flexibility index (Phi) is 7.34. The zero-order valence-corrected chi connectivity index (χ0v) is 14.8. The van der Waals surface area contributed by atoms with Crippen LogP contribution in [-0.2, 0) is 20.9 Å². The first-order chi connectivity index (χ1) is 11.5. The predicted octanol–water partition coefficient (Wildman–Crippen LogP) is 3.52. The number of rotatable bonds is 7. The van der Waals surface area contributed by atoms with Crippen LogP contribution in [0, 0.1) is 11.8 Å². The van der Waals surface area contributed by atoms with Crippen LogP contribution in [0.1, 0.15) is 31.2 Å². The van der Waals surface area contributed by atoms with Crippen LogP contribution >= 0.6 is 23.2 Å². The summed E-state index contributed by atoms with van der Waals surface area (Å²) in [5.74, 6) is -1.52. The molecular formula is C17H21Cl2NO4. The van der Waals surface area contributed by atoms with Crippen molar-refractivity contribution in [1.82, 2.24) is 5.32 Å². The maximum absolute atomic E-state index is 12.1. The Balaban J connectivity index is 1.66. The highest BCUT2D eigenvalue weighted by Gasteiger charge is 2.30. The number of amides is 1. The average molecular weight is 374 g/mol. The van der Waals surface area contributed by atoms with Crippen molar-refractivity contribution in [3.63, 3.8) is 0 Å². The van der Waals surface area contributed by atoms with Crippen molar-refractivity contribution in [1.29, 1.82) is 0 Å². The number of carboxylic acid groups (broad SMARTS) is 1. The summed E-state index contributed by atoms with van der Waals surface area (Å²) in [5.41, 5.74) is 0.837. The Morgan fingerprint density at radius 3 is 2.71 bits per heavy atom. The molecule has 7 heteroatoms. The zero-order chi connectivity index (χ0) is 17.5. The molecule has 2 atom stereocenters. The lowest BCUT2D eigenvalue weighted by atomic mass is 9.81. The van der Waals surface area contributed by atoms with E-state index in [2.05, 4.69) is 5.32 Å². The van der Waals surface area contributed by atoms with Gasteiger partial charge in [0.05, 0.1) is 19.1 Å². The number of nitrogens with one attached hydrogen (secondary N) is 1. The third-order valence-electron chi connectivity index (χ3n) is 4.21. The normalized spacial score (nSPS) is 20.6. The molecule has 0 radical (unpaired) electrons. The molecule has 1 saturated carbocycles. The second kappa shape index (κ2) is 9.25. The van der Waals surface area contributed by atoms with E-state index < -0.39 is 11.9 Å². The van der Waals surface area contributed by atoms with Crippen LogP contribution in [0.3, 0.4) is 0 Å². The lowest BCUT2D eigenvalue weighted by Crippen LogP contribution is -2.36. The summed E-state index contributed by atoms with van der Waals surface area (Å²) >= 11 is 11.9. The fraction of sp³-hybridized carbons (Fsp3) is 0.529. The monoisotopic (exact) mass is 373 g/mol. The smallest absolute Gasteiger partial charge is 0.306 e. The summed E-state index contributed by atoms with van der Waals surface area (Å²) < 4.78 is 5.50. The minimum Gasteiger partial charge on any atom is -0.481 e. The molecule has 24 heavy (non-hydrogen) atoms. The first-order valence-electron chi connectivity index (χ1n) is 7.99. The van der Waals surface area contributed by atoms with Crippen molar-refractivity contribution in [3.8, 4) is 0 Å². The van der Waals surface area contributed by atoms with Crippen LogP contribution in [-0.4, -0.2) is 30.1 Å². The van der Waals surface area contributed by atoms with Crippen molar-refractivity contribution < 1.29 is 19.4 Å². The topological polar surface area (TPSA) is 75.6 Å². The molecule has 2 unspecified atom stereocenters. The van der Waals surface area contributed by atoms with Gasteiger partial charge in [-0.25, -0.2) is 0 Å². The fourth-order valence-electron chi connectivity index (χ4n) is 2.86. The van der Waals surface area contributed by atoms with Crippen LogP contribution in [0.4, 0.5) is 0 Å². The highest BCUT2D eigenvalue weighted by molar-refractivity contribution is 6.35. The Hall–Kier alpha value is -1.30. The Bertz CT molecular complexity index is 594. The summed E-state index contributed by atoms with van der Waals surface area (Å²) in [7, 11) is 0. The van der Waals surface area contributed by atoms with Gasteiger partial charge < -0.3 is 15.2 Å². The standard InChI is InChI=1S/C17H21Cl2NO4/c18-14-5-4-13(15(19)9-14)10-24-7-6-20-16(21)11-2-1-3-12(8-11)17(22)23/h4-5,9,11-12H,1-3,6-8,10H2,(H,20,21)(H,22,23). The molecule has 2 rings (SSSR count). The lowest BCUT2D eigenvalue weighted by Gasteiger charge is -2.25. The number of carboxylic acids is 1. The summed E-state index contributed by atoms with van der Waals surface area (Å²) in [6.45, 7) is 1.09. The number of carbonyl (C=O) groups excluding carboxylic acids is 1. The molecule has 1 aliphatic carbocycles. The molecule has 5 nitrogen and oxygen atoms in total. The number of halogens is 2. The Morgan fingerprint density at radius 1 is 1.25 bits per heavy atom. The van der Waals surface area contributed by atoms with Crippen molar-refractivity contribution in [2.75, 3.05) is 13.2 Å². The minimum absolute atomic E-state index is 0.0888. The van der Waals surface area contributed by atoms with E-state index in [0.717, 1.165) is 18.4 Å². The third kappa shape index (κ3) is 5.65. The zero-order valence-electron chi connectivity index (χ0n) is 13.3. The predicted molar refractivity (Wildman–Crippen MR) is 92.2 cm³/mol. The van der Waals surface area contributed by atoms with E-state index in [1.54, 1.807) is 18.2 Å². The molecular weight excluding hydrogens is 353 g/mol. The number of hydrogen-bond donors (Lipinski definition) is 2. The molecule has 1 aromatic carbocycles. The number of ether oxygens (including phenoxy) is 1. The molecule has 0 heterocycles. The van der Waals surface area contributed by atoms with Crippen LogP contribution < -0.4 is 5.32 Å². The van der Waals surface area contributed by atoms with Crippen LogP contribution in [0.25, 0.3) is 0 Å². The first kappa shape index (κ1) is 19.0. The highest BCUT2D eigenvalue weighted by Crippen LogP contribution is 2.29. The van der Waals surface area contributed by atoms with E-state index in [-0.39, 0.29) is 11.8 Å². The van der Waals surface area contributed by atoms with E-state index in [1.165, 1.54) is 0 Å². The molecule has 1 aliphatic rings. The van der Waals surface area contributed by atoms with Gasteiger partial charge in [0.25, 0.3) is 0 Å². The van der Waals surface area contributed by atoms with Crippen molar-refractivity contribution in [2.24, 2.45) is 11.8 Å². The van der Waals surface area contributed by atoms with Gasteiger partial charge in [-0.15, -0.1) is 0 Å². The van der Waals surface area contributed by atoms with E-state index in [0.29, 0.717) is 42.6 Å². The average Bonchev–Trinajstić information content (AvgIpc) is 2.56. The van der Waals surface area contributed by atoms with Gasteiger partial charge in [-0.1, -0.05) is 35.7 Å². The maximum atomic E-state index is 12.1. The van der Waals surface area contributed by atoms with Gasteiger partial charge in [-0.3, -0.25) is 9.59 Å². The Labute approximate surface area is 151 Å². The number of hydrogen-bond acceptors (Lipinski definition) is 3. The fourth-order valence-corrected chi connectivity index (χ4v) is 3.33. The second-order valence-electron chi connectivity index (χ2n) is 5.98. The van der Waals surface area contributed by atoms with Gasteiger partial charge in [0.2, 0.25) is 5.91 Å². The van der Waals surface area contributed by atoms with Crippen molar-refractivity contribution in [2.45, 2.75) is 32.3 Å². The largest absolute Gasteiger partial charge is 0.481 e. The maximum Gasteiger partial charge on any atom is 0.306 e. The third-order valence-corrected chi connectivity index (χ3v) is 4.80. The summed E-state index contributed by atoms with van der Waals surface area (Å²) in [4.78, 5) is 23.1. The summed E-state index contributed by atoms with van der Waals surface area (Å²) in [6.07, 6.45) is 2.60. The summed E-state index contributed by atoms with van der Waals surface area (Å²) in [6, 6.07) is 5.21. The SMILES string of the molecule is O=C(O)C1CCCC(C(=O)NCCOCc2ccc(Cl)cc2Cl)C1. The molecule has 0 aliphatic heterocycles. The van der Waals surface area contributed by atoms with E-state index in [4.69, 9.17) is 33.0 Å². The van der Waals surface area contributed by atoms with Crippen LogP contribution in [0.15, 0.2) is 18.2 Å². The van der Waals surface area contributed by atoms with E-state index in [9.17, 15) is 9.59 Å². The number of benzene rings is 1. The van der Waals surface area contributed by atoms with Gasteiger partial charge in [0.1, 0.15) is 0 Å². The Morgan fingerprint density at radius 2 is 2.00 bits per heavy atom. The first-order valence-corrected chi connectivity index (χ1v) is 8.75. The lowest BCUT2D eigenvalue weighted by molar-refractivity contribution is -0.144. The van der Waals surface area contributed by atoms with Gasteiger partial charge in [0.15, 0.2) is 0 Å². The molecule has 0 spiro atoms. The highest BCUT2D eigenvalue weighted by atomic mass is 35.5. The minimum atomic E-state index is -0.810.